The third-order valence-corrected chi connectivity index (χ3v) is 6.06. The van der Waals surface area contributed by atoms with Gasteiger partial charge in [0, 0.05) is 0 Å². The topological polar surface area (TPSA) is 92.5 Å². The Hall–Kier alpha value is -1.80. The molecule has 0 unspecified atom stereocenters. The maximum Gasteiger partial charge on any atom is 0.264 e. The molecule has 0 bridgehead atoms. The number of anilines is 1. The van der Waals surface area contributed by atoms with E-state index in [0.717, 1.165) is 9.87 Å². The summed E-state index contributed by atoms with van der Waals surface area (Å²) in [5.41, 5.74) is 3.88. The van der Waals surface area contributed by atoms with Crippen LogP contribution in [0.3, 0.4) is 0 Å². The van der Waals surface area contributed by atoms with Crippen molar-refractivity contribution in [1.29, 1.82) is 0 Å². The summed E-state index contributed by atoms with van der Waals surface area (Å²) in [6.07, 6.45) is 0. The fraction of sp³-hybridized carbons (Fsp3) is 0.188. The van der Waals surface area contributed by atoms with Crippen LogP contribution < -0.4 is 15.6 Å². The lowest BCUT2D eigenvalue weighted by Gasteiger charge is -2.25. The average molecular weight is 402 g/mol. The predicted octanol–water partition coefficient (Wildman–Crippen LogP) is 2.80. The van der Waals surface area contributed by atoms with Gasteiger partial charge in [0.1, 0.15) is 6.54 Å². The van der Waals surface area contributed by atoms with E-state index in [9.17, 15) is 13.2 Å². The Bertz CT molecular complexity index is 917. The van der Waals surface area contributed by atoms with Crippen LogP contribution in [0.25, 0.3) is 0 Å². The number of carbonyl (C=O) groups excluding carboxylic acids is 1. The molecule has 3 N–H and O–H groups in total. The Morgan fingerprint density at radius 1 is 1.12 bits per heavy atom. The Labute approximate surface area is 156 Å². The Balaban J connectivity index is 2.63. The summed E-state index contributed by atoms with van der Waals surface area (Å²) >= 11 is 11.8. The first-order valence-electron chi connectivity index (χ1n) is 7.21. The normalized spacial score (nSPS) is 11.2. The first-order chi connectivity index (χ1) is 11.7. The van der Waals surface area contributed by atoms with E-state index in [0.29, 0.717) is 11.3 Å². The molecule has 9 heteroatoms. The minimum atomic E-state index is -4.06. The zero-order valence-electron chi connectivity index (χ0n) is 13.6. The van der Waals surface area contributed by atoms with Crippen LogP contribution in [-0.2, 0) is 14.8 Å². The van der Waals surface area contributed by atoms with Crippen molar-refractivity contribution in [1.82, 2.24) is 5.43 Å². The molecular formula is C16H17Cl2N3O3S. The van der Waals surface area contributed by atoms with Gasteiger partial charge in [0.05, 0.1) is 20.6 Å². The quantitative estimate of drug-likeness (QED) is 0.457. The summed E-state index contributed by atoms with van der Waals surface area (Å²) in [5, 5.41) is 0.338. The summed E-state index contributed by atoms with van der Waals surface area (Å²) in [5.74, 6) is 4.48. The molecule has 134 valence electrons. The molecule has 2 rings (SSSR count). The molecule has 0 aliphatic carbocycles. The largest absolute Gasteiger partial charge is 0.293 e. The molecule has 25 heavy (non-hydrogen) atoms. The molecule has 0 saturated carbocycles. The summed E-state index contributed by atoms with van der Waals surface area (Å²) in [6.45, 7) is 3.12. The van der Waals surface area contributed by atoms with E-state index in [1.807, 2.05) is 18.4 Å². The van der Waals surface area contributed by atoms with Crippen molar-refractivity contribution < 1.29 is 13.2 Å². The van der Waals surface area contributed by atoms with E-state index in [2.05, 4.69) is 0 Å². The van der Waals surface area contributed by atoms with E-state index in [1.54, 1.807) is 19.1 Å². The molecule has 0 atom stereocenters. The van der Waals surface area contributed by atoms with Gasteiger partial charge in [0.2, 0.25) is 0 Å². The summed E-state index contributed by atoms with van der Waals surface area (Å²) in [4.78, 5) is 11.7. The van der Waals surface area contributed by atoms with E-state index in [4.69, 9.17) is 29.0 Å². The second kappa shape index (κ2) is 7.61. The molecular weight excluding hydrogens is 385 g/mol. The lowest BCUT2D eigenvalue weighted by molar-refractivity contribution is -0.119. The number of benzene rings is 2. The van der Waals surface area contributed by atoms with Gasteiger partial charge in [-0.2, -0.15) is 0 Å². The first-order valence-corrected chi connectivity index (χ1v) is 9.41. The SMILES string of the molecule is Cc1ccc(C)c(N(CC(=O)NN)S(=O)(=O)c2ccc(Cl)c(Cl)c2)c1. The van der Waals surface area contributed by atoms with Gasteiger partial charge in [-0.15, -0.1) is 0 Å². The van der Waals surface area contributed by atoms with Crippen molar-refractivity contribution in [3.63, 3.8) is 0 Å². The summed E-state index contributed by atoms with van der Waals surface area (Å²) in [6, 6.07) is 9.29. The fourth-order valence-corrected chi connectivity index (χ4v) is 4.10. The molecule has 0 fully saturated rings. The number of hydrogen-bond acceptors (Lipinski definition) is 4. The van der Waals surface area contributed by atoms with Gasteiger partial charge in [0.25, 0.3) is 15.9 Å². The maximum absolute atomic E-state index is 13.1. The van der Waals surface area contributed by atoms with Crippen LogP contribution in [0, 0.1) is 13.8 Å². The first kappa shape index (κ1) is 19.5. The molecule has 2 aromatic carbocycles. The zero-order valence-corrected chi connectivity index (χ0v) is 15.9. The maximum atomic E-state index is 13.1. The van der Waals surface area contributed by atoms with Gasteiger partial charge < -0.3 is 0 Å². The molecule has 0 saturated heterocycles. The average Bonchev–Trinajstić information content (AvgIpc) is 2.57. The smallest absolute Gasteiger partial charge is 0.264 e. The Morgan fingerprint density at radius 2 is 1.80 bits per heavy atom. The molecule has 0 aliphatic heterocycles. The highest BCUT2D eigenvalue weighted by atomic mass is 35.5. The standard InChI is InChI=1S/C16H17Cl2N3O3S/c1-10-3-4-11(2)15(7-10)21(9-16(22)20-19)25(23,24)12-5-6-13(17)14(18)8-12/h3-8H,9,19H2,1-2H3,(H,20,22). The number of rotatable bonds is 5. The Morgan fingerprint density at radius 3 is 2.40 bits per heavy atom. The van der Waals surface area contributed by atoms with Gasteiger partial charge in [0.15, 0.2) is 0 Å². The third-order valence-electron chi connectivity index (χ3n) is 3.56. The van der Waals surface area contributed by atoms with Crippen molar-refractivity contribution in [3.8, 4) is 0 Å². The van der Waals surface area contributed by atoms with Crippen molar-refractivity contribution in [2.45, 2.75) is 18.7 Å². The number of nitrogens with zero attached hydrogens (tertiary/aromatic N) is 1. The van der Waals surface area contributed by atoms with Crippen LogP contribution in [0.15, 0.2) is 41.3 Å². The summed E-state index contributed by atoms with van der Waals surface area (Å²) < 4.78 is 27.2. The number of hydrazine groups is 1. The number of aryl methyl sites for hydroxylation is 2. The number of carbonyl (C=O) groups is 1. The van der Waals surface area contributed by atoms with E-state index in [-0.39, 0.29) is 14.9 Å². The highest BCUT2D eigenvalue weighted by Crippen LogP contribution is 2.31. The molecule has 0 aliphatic rings. The van der Waals surface area contributed by atoms with Crippen LogP contribution >= 0.6 is 23.2 Å². The summed E-state index contributed by atoms with van der Waals surface area (Å²) in [7, 11) is -4.06. The van der Waals surface area contributed by atoms with E-state index >= 15 is 0 Å². The minimum absolute atomic E-state index is 0.0763. The van der Waals surface area contributed by atoms with Gasteiger partial charge in [-0.1, -0.05) is 35.3 Å². The van der Waals surface area contributed by atoms with Crippen molar-refractivity contribution in [3.05, 3.63) is 57.6 Å². The monoisotopic (exact) mass is 401 g/mol. The van der Waals surface area contributed by atoms with Crippen LogP contribution in [-0.4, -0.2) is 20.9 Å². The minimum Gasteiger partial charge on any atom is -0.293 e. The molecule has 0 aromatic heterocycles. The lowest BCUT2D eigenvalue weighted by Crippen LogP contribution is -2.43. The number of hydrogen-bond donors (Lipinski definition) is 2. The zero-order chi connectivity index (χ0) is 18.8. The molecule has 1 amide bonds. The third kappa shape index (κ3) is 4.24. The van der Waals surface area contributed by atoms with E-state index < -0.39 is 22.5 Å². The number of nitrogens with one attached hydrogen (secondary N) is 1. The number of halogens is 2. The van der Waals surface area contributed by atoms with Crippen LogP contribution in [0.1, 0.15) is 11.1 Å². The number of amides is 1. The molecule has 6 nitrogen and oxygen atoms in total. The highest BCUT2D eigenvalue weighted by molar-refractivity contribution is 7.92. The highest BCUT2D eigenvalue weighted by Gasteiger charge is 2.28. The number of nitrogens with two attached hydrogens (primary N) is 1. The Kier molecular flexibility index (Phi) is 5.95. The van der Waals surface area contributed by atoms with Crippen LogP contribution in [0.5, 0.6) is 0 Å². The van der Waals surface area contributed by atoms with Gasteiger partial charge in [-0.05, 0) is 49.2 Å². The molecule has 2 aromatic rings. The van der Waals surface area contributed by atoms with Gasteiger partial charge >= 0.3 is 0 Å². The van der Waals surface area contributed by atoms with Crippen molar-refractivity contribution in [2.75, 3.05) is 10.8 Å². The number of sulfonamides is 1. The van der Waals surface area contributed by atoms with Crippen LogP contribution in [0.2, 0.25) is 10.0 Å². The fourth-order valence-electron chi connectivity index (χ4n) is 2.23. The van der Waals surface area contributed by atoms with Gasteiger partial charge in [-0.25, -0.2) is 14.3 Å². The predicted molar refractivity (Wildman–Crippen MR) is 99.2 cm³/mol. The van der Waals surface area contributed by atoms with Crippen molar-refractivity contribution in [2.24, 2.45) is 5.84 Å². The molecule has 0 heterocycles. The second-order valence-corrected chi connectivity index (χ2v) is 8.12. The lowest BCUT2D eigenvalue weighted by atomic mass is 10.1. The molecule has 0 radical (unpaired) electrons. The van der Waals surface area contributed by atoms with Crippen LogP contribution in [0.4, 0.5) is 5.69 Å². The molecule has 0 spiro atoms. The second-order valence-electron chi connectivity index (χ2n) is 5.45. The van der Waals surface area contributed by atoms with Crippen molar-refractivity contribution >= 4 is 44.8 Å². The van der Waals surface area contributed by atoms with Gasteiger partial charge in [-0.3, -0.25) is 14.5 Å². The van der Waals surface area contributed by atoms with E-state index in [1.165, 1.54) is 18.2 Å².